The number of nitrogens with one attached hydrogen (secondary N) is 1. The minimum Gasteiger partial charge on any atom is -0.356 e. The molecule has 4 nitrogen and oxygen atoms in total. The lowest BCUT2D eigenvalue weighted by atomic mass is 9.94. The van der Waals surface area contributed by atoms with E-state index in [1.54, 1.807) is 0 Å². The van der Waals surface area contributed by atoms with Crippen LogP contribution in [0.15, 0.2) is 12.4 Å². The van der Waals surface area contributed by atoms with Gasteiger partial charge < -0.3 is 14.8 Å². The molecular formula is C16H28N4. The topological polar surface area (TPSA) is 33.1 Å². The van der Waals surface area contributed by atoms with Crippen molar-refractivity contribution in [2.45, 2.75) is 51.0 Å². The van der Waals surface area contributed by atoms with Gasteiger partial charge in [0.2, 0.25) is 5.95 Å². The Morgan fingerprint density at radius 1 is 1.20 bits per heavy atom. The maximum atomic E-state index is 4.50. The summed E-state index contributed by atoms with van der Waals surface area (Å²) in [5, 5.41) is 3.57. The predicted octanol–water partition coefficient (Wildman–Crippen LogP) is 3.14. The average Bonchev–Trinajstić information content (AvgIpc) is 3.11. The zero-order chi connectivity index (χ0) is 13.8. The van der Waals surface area contributed by atoms with E-state index in [2.05, 4.69) is 33.0 Å². The van der Waals surface area contributed by atoms with E-state index in [9.17, 15) is 0 Å². The van der Waals surface area contributed by atoms with Gasteiger partial charge in [0.1, 0.15) is 0 Å². The van der Waals surface area contributed by atoms with E-state index >= 15 is 0 Å². The van der Waals surface area contributed by atoms with Gasteiger partial charge in [0.05, 0.1) is 0 Å². The number of piperidine rings is 1. The van der Waals surface area contributed by atoms with Gasteiger partial charge in [0.15, 0.2) is 0 Å². The highest BCUT2D eigenvalue weighted by atomic mass is 15.2. The Labute approximate surface area is 122 Å². The second-order valence-electron chi connectivity index (χ2n) is 6.56. The summed E-state index contributed by atoms with van der Waals surface area (Å²) >= 11 is 0. The summed E-state index contributed by atoms with van der Waals surface area (Å²) < 4.78 is 2.36. The van der Waals surface area contributed by atoms with Crippen molar-refractivity contribution in [2.24, 2.45) is 5.92 Å². The Morgan fingerprint density at radius 3 is 2.70 bits per heavy atom. The molecule has 1 aromatic heterocycles. The molecule has 0 bridgehead atoms. The first-order chi connectivity index (χ1) is 9.83. The molecule has 0 amide bonds. The maximum absolute atomic E-state index is 4.50. The lowest BCUT2D eigenvalue weighted by molar-refractivity contribution is 0.215. The summed E-state index contributed by atoms with van der Waals surface area (Å²) in [6, 6.07) is 0.684. The van der Waals surface area contributed by atoms with E-state index in [0.717, 1.165) is 18.4 Å². The molecule has 20 heavy (non-hydrogen) atoms. The van der Waals surface area contributed by atoms with Crippen LogP contribution in [0.3, 0.4) is 0 Å². The SMILES string of the molecule is CN1CCC(CCNc2nccn2C2CCCC2)CC1. The van der Waals surface area contributed by atoms with E-state index in [-0.39, 0.29) is 0 Å². The lowest BCUT2D eigenvalue weighted by Crippen LogP contribution is -2.31. The molecule has 1 saturated carbocycles. The molecule has 1 aliphatic carbocycles. The average molecular weight is 276 g/mol. The standard InChI is InChI=1S/C16H28N4/c1-19-11-7-14(8-12-19)6-9-17-16-18-10-13-20(16)15-4-2-3-5-15/h10,13-15H,2-9,11-12H2,1H3,(H,17,18). The first-order valence-corrected chi connectivity index (χ1v) is 8.28. The van der Waals surface area contributed by atoms with Gasteiger partial charge in [0.25, 0.3) is 0 Å². The van der Waals surface area contributed by atoms with Crippen molar-refractivity contribution >= 4 is 5.95 Å². The largest absolute Gasteiger partial charge is 0.356 e. The number of hydrogen-bond acceptors (Lipinski definition) is 3. The fourth-order valence-corrected chi connectivity index (χ4v) is 3.67. The van der Waals surface area contributed by atoms with Crippen molar-refractivity contribution in [2.75, 3.05) is 32.0 Å². The Bertz CT molecular complexity index is 400. The number of hydrogen-bond donors (Lipinski definition) is 1. The van der Waals surface area contributed by atoms with Crippen LogP contribution in [0, 0.1) is 5.92 Å². The minimum atomic E-state index is 0.684. The summed E-state index contributed by atoms with van der Waals surface area (Å²) in [7, 11) is 2.23. The smallest absolute Gasteiger partial charge is 0.203 e. The van der Waals surface area contributed by atoms with E-state index in [4.69, 9.17) is 0 Å². The van der Waals surface area contributed by atoms with Gasteiger partial charge in [0, 0.05) is 25.0 Å². The highest BCUT2D eigenvalue weighted by Gasteiger charge is 2.20. The Kier molecular flexibility index (Phi) is 4.61. The molecule has 0 atom stereocenters. The van der Waals surface area contributed by atoms with E-state index in [1.807, 2.05) is 6.20 Å². The summed E-state index contributed by atoms with van der Waals surface area (Å²) in [6.07, 6.45) is 13.5. The zero-order valence-corrected chi connectivity index (χ0v) is 12.7. The third-order valence-corrected chi connectivity index (χ3v) is 5.06. The predicted molar refractivity (Wildman–Crippen MR) is 83.1 cm³/mol. The zero-order valence-electron chi connectivity index (χ0n) is 12.7. The Hall–Kier alpha value is -1.03. The molecule has 0 aromatic carbocycles. The summed E-state index contributed by atoms with van der Waals surface area (Å²) in [5.74, 6) is 1.98. The van der Waals surface area contributed by atoms with Crippen molar-refractivity contribution in [3.05, 3.63) is 12.4 Å². The van der Waals surface area contributed by atoms with Crippen LogP contribution in [-0.4, -0.2) is 41.1 Å². The number of anilines is 1. The maximum Gasteiger partial charge on any atom is 0.203 e. The van der Waals surface area contributed by atoms with Crippen LogP contribution in [-0.2, 0) is 0 Å². The molecule has 2 fully saturated rings. The number of rotatable bonds is 5. The molecule has 0 radical (unpaired) electrons. The molecular weight excluding hydrogens is 248 g/mol. The van der Waals surface area contributed by atoms with Crippen LogP contribution < -0.4 is 5.32 Å². The molecule has 112 valence electrons. The third kappa shape index (κ3) is 3.35. The van der Waals surface area contributed by atoms with Gasteiger partial charge in [-0.05, 0) is 58.2 Å². The van der Waals surface area contributed by atoms with Crippen LogP contribution in [0.2, 0.25) is 0 Å². The van der Waals surface area contributed by atoms with Crippen molar-refractivity contribution in [3.63, 3.8) is 0 Å². The fraction of sp³-hybridized carbons (Fsp3) is 0.812. The van der Waals surface area contributed by atoms with Gasteiger partial charge in [-0.15, -0.1) is 0 Å². The Balaban J connectivity index is 1.45. The molecule has 0 spiro atoms. The van der Waals surface area contributed by atoms with Gasteiger partial charge >= 0.3 is 0 Å². The lowest BCUT2D eigenvalue weighted by Gasteiger charge is -2.29. The molecule has 1 saturated heterocycles. The first-order valence-electron chi connectivity index (χ1n) is 8.28. The van der Waals surface area contributed by atoms with Crippen molar-refractivity contribution in [3.8, 4) is 0 Å². The van der Waals surface area contributed by atoms with Gasteiger partial charge in [-0.25, -0.2) is 4.98 Å². The van der Waals surface area contributed by atoms with Gasteiger partial charge in [-0.2, -0.15) is 0 Å². The van der Waals surface area contributed by atoms with Gasteiger partial charge in [-0.1, -0.05) is 12.8 Å². The highest BCUT2D eigenvalue weighted by Crippen LogP contribution is 2.31. The highest BCUT2D eigenvalue weighted by molar-refractivity contribution is 5.26. The number of likely N-dealkylation sites (tertiary alicyclic amines) is 1. The Morgan fingerprint density at radius 2 is 1.95 bits per heavy atom. The van der Waals surface area contributed by atoms with Crippen LogP contribution in [0.1, 0.15) is 51.0 Å². The second-order valence-corrected chi connectivity index (χ2v) is 6.56. The van der Waals surface area contributed by atoms with Gasteiger partial charge in [-0.3, -0.25) is 0 Å². The van der Waals surface area contributed by atoms with Crippen molar-refractivity contribution in [1.82, 2.24) is 14.5 Å². The molecule has 1 aliphatic heterocycles. The van der Waals surface area contributed by atoms with Crippen LogP contribution in [0.25, 0.3) is 0 Å². The van der Waals surface area contributed by atoms with Crippen LogP contribution in [0.4, 0.5) is 5.95 Å². The molecule has 1 N–H and O–H groups in total. The molecule has 3 rings (SSSR count). The van der Waals surface area contributed by atoms with Crippen LogP contribution in [0.5, 0.6) is 0 Å². The minimum absolute atomic E-state index is 0.684. The molecule has 4 heteroatoms. The molecule has 1 aromatic rings. The third-order valence-electron chi connectivity index (χ3n) is 5.06. The summed E-state index contributed by atoms with van der Waals surface area (Å²) in [6.45, 7) is 3.60. The monoisotopic (exact) mass is 276 g/mol. The second kappa shape index (κ2) is 6.61. The number of nitrogens with zero attached hydrogens (tertiary/aromatic N) is 3. The number of imidazole rings is 1. The first kappa shape index (κ1) is 13.9. The summed E-state index contributed by atoms with van der Waals surface area (Å²) in [5.41, 5.74) is 0. The van der Waals surface area contributed by atoms with Crippen molar-refractivity contribution in [1.29, 1.82) is 0 Å². The fourth-order valence-electron chi connectivity index (χ4n) is 3.67. The van der Waals surface area contributed by atoms with E-state index < -0.39 is 0 Å². The van der Waals surface area contributed by atoms with E-state index in [0.29, 0.717) is 6.04 Å². The van der Waals surface area contributed by atoms with Crippen molar-refractivity contribution < 1.29 is 0 Å². The quantitative estimate of drug-likeness (QED) is 0.897. The van der Waals surface area contributed by atoms with Crippen LogP contribution >= 0.6 is 0 Å². The summed E-state index contributed by atoms with van der Waals surface area (Å²) in [4.78, 5) is 6.94. The molecule has 2 heterocycles. The van der Waals surface area contributed by atoms with E-state index in [1.165, 1.54) is 58.0 Å². The molecule has 0 unspecified atom stereocenters. The number of aromatic nitrogens is 2. The normalized spacial score (nSPS) is 22.4. The molecule has 2 aliphatic rings.